The minimum atomic E-state index is 0.440. The first kappa shape index (κ1) is 11.3. The third-order valence-electron chi connectivity index (χ3n) is 2.48. The molecule has 0 aliphatic rings. The zero-order valence-electron chi connectivity index (χ0n) is 9.89. The van der Waals surface area contributed by atoms with Crippen LogP contribution in [-0.2, 0) is 0 Å². The van der Waals surface area contributed by atoms with Gasteiger partial charge in [0.2, 0.25) is 0 Å². The molecule has 0 saturated carbocycles. The molecule has 0 heterocycles. The largest absolute Gasteiger partial charge is 0.308 e. The average Bonchev–Trinajstić information content (AvgIpc) is 2.01. The van der Waals surface area contributed by atoms with Gasteiger partial charge in [0.15, 0.2) is 0 Å². The zero-order valence-corrected chi connectivity index (χ0v) is 9.89. The SMILES string of the molecule is Cc1ccc(C(C)NC(C)C)c(C)c1. The standard InChI is InChI=1S/C13H21N/c1-9(2)14-12(5)13-7-6-10(3)8-11(13)4/h6-9,12,14H,1-5H3. The van der Waals surface area contributed by atoms with Crippen LogP contribution in [0.3, 0.4) is 0 Å². The van der Waals surface area contributed by atoms with E-state index in [2.05, 4.69) is 58.1 Å². The second kappa shape index (κ2) is 4.61. The zero-order chi connectivity index (χ0) is 10.7. The molecule has 0 radical (unpaired) electrons. The van der Waals surface area contributed by atoms with Crippen molar-refractivity contribution in [2.45, 2.75) is 46.7 Å². The van der Waals surface area contributed by atoms with Crippen LogP contribution >= 0.6 is 0 Å². The van der Waals surface area contributed by atoms with Crippen LogP contribution in [0.15, 0.2) is 18.2 Å². The Morgan fingerprint density at radius 1 is 1.07 bits per heavy atom. The van der Waals surface area contributed by atoms with E-state index >= 15 is 0 Å². The summed E-state index contributed by atoms with van der Waals surface area (Å²) in [5.41, 5.74) is 4.12. The minimum absolute atomic E-state index is 0.440. The van der Waals surface area contributed by atoms with E-state index in [9.17, 15) is 0 Å². The number of benzene rings is 1. The van der Waals surface area contributed by atoms with Crippen LogP contribution < -0.4 is 5.32 Å². The van der Waals surface area contributed by atoms with Crippen molar-refractivity contribution in [1.29, 1.82) is 0 Å². The van der Waals surface area contributed by atoms with Gasteiger partial charge < -0.3 is 5.32 Å². The molecule has 78 valence electrons. The van der Waals surface area contributed by atoms with E-state index in [1.54, 1.807) is 0 Å². The van der Waals surface area contributed by atoms with Gasteiger partial charge in [-0.15, -0.1) is 0 Å². The fourth-order valence-corrected chi connectivity index (χ4v) is 1.90. The summed E-state index contributed by atoms with van der Waals surface area (Å²) < 4.78 is 0. The van der Waals surface area contributed by atoms with Gasteiger partial charge in [-0.1, -0.05) is 37.6 Å². The molecule has 1 aromatic rings. The van der Waals surface area contributed by atoms with Crippen molar-refractivity contribution in [3.8, 4) is 0 Å². The predicted octanol–water partition coefficient (Wildman–Crippen LogP) is 3.36. The monoisotopic (exact) mass is 191 g/mol. The third-order valence-corrected chi connectivity index (χ3v) is 2.48. The number of hydrogen-bond acceptors (Lipinski definition) is 1. The fourth-order valence-electron chi connectivity index (χ4n) is 1.90. The van der Waals surface area contributed by atoms with Crippen molar-refractivity contribution in [2.24, 2.45) is 0 Å². The molecule has 1 nitrogen and oxygen atoms in total. The van der Waals surface area contributed by atoms with Crippen LogP contribution in [0.5, 0.6) is 0 Å². The van der Waals surface area contributed by atoms with Gasteiger partial charge in [-0.05, 0) is 31.9 Å². The second-order valence-corrected chi connectivity index (χ2v) is 4.40. The van der Waals surface area contributed by atoms with E-state index in [4.69, 9.17) is 0 Å². The molecule has 0 fully saturated rings. The van der Waals surface area contributed by atoms with E-state index in [-0.39, 0.29) is 0 Å². The van der Waals surface area contributed by atoms with Gasteiger partial charge in [0, 0.05) is 12.1 Å². The minimum Gasteiger partial charge on any atom is -0.308 e. The molecule has 0 aliphatic carbocycles. The molecule has 1 N–H and O–H groups in total. The first-order chi connectivity index (χ1) is 6.50. The van der Waals surface area contributed by atoms with Crippen LogP contribution in [-0.4, -0.2) is 6.04 Å². The van der Waals surface area contributed by atoms with Gasteiger partial charge >= 0.3 is 0 Å². The summed E-state index contributed by atoms with van der Waals surface area (Å²) in [5.74, 6) is 0. The Morgan fingerprint density at radius 2 is 1.71 bits per heavy atom. The third kappa shape index (κ3) is 2.85. The van der Waals surface area contributed by atoms with Crippen molar-refractivity contribution in [3.63, 3.8) is 0 Å². The van der Waals surface area contributed by atoms with Crippen molar-refractivity contribution in [3.05, 3.63) is 34.9 Å². The Hall–Kier alpha value is -0.820. The molecule has 0 bridgehead atoms. The fraction of sp³-hybridized carbons (Fsp3) is 0.538. The Kier molecular flexibility index (Phi) is 3.70. The van der Waals surface area contributed by atoms with Gasteiger partial charge in [-0.3, -0.25) is 0 Å². The van der Waals surface area contributed by atoms with Crippen LogP contribution in [0.4, 0.5) is 0 Å². The van der Waals surface area contributed by atoms with Gasteiger partial charge in [0.1, 0.15) is 0 Å². The summed E-state index contributed by atoms with van der Waals surface area (Å²) in [6.45, 7) is 10.9. The average molecular weight is 191 g/mol. The van der Waals surface area contributed by atoms with Gasteiger partial charge in [0.05, 0.1) is 0 Å². The van der Waals surface area contributed by atoms with Crippen molar-refractivity contribution in [2.75, 3.05) is 0 Å². The lowest BCUT2D eigenvalue weighted by Gasteiger charge is -2.19. The predicted molar refractivity (Wildman–Crippen MR) is 62.6 cm³/mol. The van der Waals surface area contributed by atoms with E-state index < -0.39 is 0 Å². The second-order valence-electron chi connectivity index (χ2n) is 4.40. The molecule has 0 aromatic heterocycles. The molecule has 0 aliphatic heterocycles. The first-order valence-corrected chi connectivity index (χ1v) is 5.34. The van der Waals surface area contributed by atoms with Crippen LogP contribution in [0.1, 0.15) is 43.5 Å². The Bertz CT molecular complexity index is 302. The Balaban J connectivity index is 2.84. The maximum atomic E-state index is 3.52. The normalized spacial score (nSPS) is 13.3. The summed E-state index contributed by atoms with van der Waals surface area (Å²) in [7, 11) is 0. The van der Waals surface area contributed by atoms with E-state index in [1.807, 2.05) is 0 Å². The van der Waals surface area contributed by atoms with Gasteiger partial charge in [-0.2, -0.15) is 0 Å². The number of aryl methyl sites for hydroxylation is 2. The summed E-state index contributed by atoms with van der Waals surface area (Å²) in [6.07, 6.45) is 0. The van der Waals surface area contributed by atoms with Crippen molar-refractivity contribution >= 4 is 0 Å². The number of rotatable bonds is 3. The molecule has 14 heavy (non-hydrogen) atoms. The Labute approximate surface area is 87.5 Å². The summed E-state index contributed by atoms with van der Waals surface area (Å²) >= 11 is 0. The molecule has 1 rings (SSSR count). The molecule has 1 aromatic carbocycles. The summed E-state index contributed by atoms with van der Waals surface area (Å²) in [4.78, 5) is 0. The van der Waals surface area contributed by atoms with E-state index in [0.29, 0.717) is 12.1 Å². The molecular weight excluding hydrogens is 170 g/mol. The lowest BCUT2D eigenvalue weighted by Crippen LogP contribution is -2.26. The topological polar surface area (TPSA) is 12.0 Å². The van der Waals surface area contributed by atoms with Crippen LogP contribution in [0.2, 0.25) is 0 Å². The van der Waals surface area contributed by atoms with Gasteiger partial charge in [-0.25, -0.2) is 0 Å². The lowest BCUT2D eigenvalue weighted by atomic mass is 10.00. The maximum absolute atomic E-state index is 3.52. The molecule has 1 heteroatoms. The van der Waals surface area contributed by atoms with Crippen molar-refractivity contribution < 1.29 is 0 Å². The highest BCUT2D eigenvalue weighted by Gasteiger charge is 2.08. The lowest BCUT2D eigenvalue weighted by molar-refractivity contribution is 0.504. The summed E-state index contributed by atoms with van der Waals surface area (Å²) in [6, 6.07) is 7.63. The van der Waals surface area contributed by atoms with Crippen LogP contribution in [0, 0.1) is 13.8 Å². The first-order valence-electron chi connectivity index (χ1n) is 5.34. The smallest absolute Gasteiger partial charge is 0.0296 e. The quantitative estimate of drug-likeness (QED) is 0.772. The van der Waals surface area contributed by atoms with E-state index in [1.165, 1.54) is 16.7 Å². The van der Waals surface area contributed by atoms with Crippen molar-refractivity contribution in [1.82, 2.24) is 5.32 Å². The van der Waals surface area contributed by atoms with Gasteiger partial charge in [0.25, 0.3) is 0 Å². The highest BCUT2D eigenvalue weighted by molar-refractivity contribution is 5.32. The Morgan fingerprint density at radius 3 is 2.21 bits per heavy atom. The molecule has 1 atom stereocenters. The molecule has 1 unspecified atom stereocenters. The molecule has 0 spiro atoms. The molecular formula is C13H21N. The highest BCUT2D eigenvalue weighted by Crippen LogP contribution is 2.18. The maximum Gasteiger partial charge on any atom is 0.0296 e. The van der Waals surface area contributed by atoms with Crippen LogP contribution in [0.25, 0.3) is 0 Å². The molecule has 0 amide bonds. The number of hydrogen-bond donors (Lipinski definition) is 1. The molecule has 0 saturated heterocycles. The number of nitrogens with one attached hydrogen (secondary N) is 1. The summed E-state index contributed by atoms with van der Waals surface area (Å²) in [5, 5.41) is 3.52. The van der Waals surface area contributed by atoms with E-state index in [0.717, 1.165) is 0 Å². The highest BCUT2D eigenvalue weighted by atomic mass is 14.9.